The molecule has 1 aromatic carbocycles. The Morgan fingerprint density at radius 2 is 1.73 bits per heavy atom. The monoisotopic (exact) mass is 467 g/mol. The van der Waals surface area contributed by atoms with Gasteiger partial charge in [-0.15, -0.1) is 0 Å². The summed E-state index contributed by atoms with van der Waals surface area (Å²) in [6.45, 7) is 8.12. The van der Waals surface area contributed by atoms with Crippen LogP contribution in [0.1, 0.15) is 63.0 Å². The number of alkyl halides is 3. The highest BCUT2D eigenvalue weighted by Gasteiger charge is 2.45. The normalized spacial score (nSPS) is 22.6. The third-order valence-corrected chi connectivity index (χ3v) is 7.91. The number of likely N-dealkylation sites (tertiary alicyclic amines) is 2. The van der Waals surface area contributed by atoms with E-state index in [1.807, 2.05) is 0 Å². The van der Waals surface area contributed by atoms with Gasteiger partial charge in [-0.1, -0.05) is 12.1 Å². The second-order valence-electron chi connectivity index (χ2n) is 9.91. The number of piperidine rings is 2. The Hall–Kier alpha value is -1.96. The lowest BCUT2D eigenvalue weighted by molar-refractivity contribution is -0.200. The van der Waals surface area contributed by atoms with Crippen LogP contribution in [-0.2, 0) is 11.3 Å². The molecule has 8 heteroatoms. The minimum atomic E-state index is -4.53. The number of rotatable bonds is 4. The van der Waals surface area contributed by atoms with Gasteiger partial charge in [-0.25, -0.2) is 4.79 Å². The topological polar surface area (TPSA) is 36.0 Å². The maximum Gasteiger partial charge on any atom is 0.425 e. The first-order valence-corrected chi connectivity index (χ1v) is 12.3. The molecule has 33 heavy (non-hydrogen) atoms. The summed E-state index contributed by atoms with van der Waals surface area (Å²) in [5, 5.41) is 0. The van der Waals surface area contributed by atoms with Gasteiger partial charge in [-0.2, -0.15) is 13.2 Å². The minimum Gasteiger partial charge on any atom is -0.437 e. The van der Waals surface area contributed by atoms with Crippen LogP contribution in [0.3, 0.4) is 0 Å². The van der Waals surface area contributed by atoms with Gasteiger partial charge in [-0.3, -0.25) is 4.90 Å². The van der Waals surface area contributed by atoms with E-state index in [1.165, 1.54) is 41.0 Å². The molecule has 3 fully saturated rings. The molecule has 0 aliphatic carbocycles. The Kier molecular flexibility index (Phi) is 7.12. The van der Waals surface area contributed by atoms with E-state index in [2.05, 4.69) is 39.7 Å². The van der Waals surface area contributed by atoms with Crippen LogP contribution in [-0.4, -0.2) is 66.4 Å². The molecule has 0 radical (unpaired) electrons. The molecule has 1 aromatic rings. The smallest absolute Gasteiger partial charge is 0.425 e. The van der Waals surface area contributed by atoms with Crippen molar-refractivity contribution in [1.82, 2.24) is 9.80 Å². The Morgan fingerprint density at radius 1 is 1.03 bits per heavy atom. The van der Waals surface area contributed by atoms with Crippen LogP contribution in [0.25, 0.3) is 0 Å². The highest BCUT2D eigenvalue weighted by atomic mass is 19.4. The van der Waals surface area contributed by atoms with E-state index >= 15 is 0 Å². The van der Waals surface area contributed by atoms with E-state index in [0.717, 1.165) is 58.8 Å². The first kappa shape index (κ1) is 24.2. The fourth-order valence-electron chi connectivity index (χ4n) is 5.73. The number of hydrogen-bond donors (Lipinski definition) is 0. The van der Waals surface area contributed by atoms with Crippen LogP contribution in [0.4, 0.5) is 23.7 Å². The van der Waals surface area contributed by atoms with Crippen LogP contribution in [0.15, 0.2) is 18.2 Å². The SMILES string of the molecule is Cc1c(CN2CCCC23CCN(C(=O)OC(C)C(F)(F)F)CC3)cccc1N1CCCCC1. The fourth-order valence-corrected chi connectivity index (χ4v) is 5.73. The lowest BCUT2D eigenvalue weighted by Gasteiger charge is -2.45. The van der Waals surface area contributed by atoms with Crippen molar-refractivity contribution in [2.75, 3.05) is 37.6 Å². The quantitative estimate of drug-likeness (QED) is 0.586. The van der Waals surface area contributed by atoms with Crippen LogP contribution in [0.2, 0.25) is 0 Å². The van der Waals surface area contributed by atoms with Gasteiger partial charge in [0, 0.05) is 44.0 Å². The summed E-state index contributed by atoms with van der Waals surface area (Å²) in [5.41, 5.74) is 4.06. The molecule has 1 amide bonds. The number of amides is 1. The molecule has 3 heterocycles. The van der Waals surface area contributed by atoms with Crippen LogP contribution < -0.4 is 4.90 Å². The van der Waals surface area contributed by atoms with E-state index in [0.29, 0.717) is 13.1 Å². The number of anilines is 1. The Morgan fingerprint density at radius 3 is 2.39 bits per heavy atom. The third kappa shape index (κ3) is 5.26. The number of ether oxygens (including phenoxy) is 1. The molecule has 3 aliphatic rings. The number of nitrogens with zero attached hydrogens (tertiary/aromatic N) is 3. The maximum atomic E-state index is 12.7. The van der Waals surface area contributed by atoms with Gasteiger partial charge in [0.05, 0.1) is 0 Å². The molecule has 3 saturated heterocycles. The highest BCUT2D eigenvalue weighted by Crippen LogP contribution is 2.40. The van der Waals surface area contributed by atoms with E-state index in [1.54, 1.807) is 0 Å². The number of carbonyl (C=O) groups is 1. The van der Waals surface area contributed by atoms with Gasteiger partial charge in [0.25, 0.3) is 0 Å². The predicted molar refractivity (Wildman–Crippen MR) is 122 cm³/mol. The predicted octanol–water partition coefficient (Wildman–Crippen LogP) is 5.50. The molecular formula is C25H36F3N3O2. The van der Waals surface area contributed by atoms with E-state index in [4.69, 9.17) is 0 Å². The molecule has 1 atom stereocenters. The lowest BCUT2D eigenvalue weighted by atomic mass is 9.84. The van der Waals surface area contributed by atoms with Gasteiger partial charge in [-0.05, 0) is 82.5 Å². The molecule has 3 aliphatic heterocycles. The first-order chi connectivity index (χ1) is 15.7. The van der Waals surface area contributed by atoms with E-state index < -0.39 is 18.4 Å². The van der Waals surface area contributed by atoms with Crippen LogP contribution in [0.5, 0.6) is 0 Å². The molecule has 1 unspecified atom stereocenters. The summed E-state index contributed by atoms with van der Waals surface area (Å²) in [7, 11) is 0. The Balaban J connectivity index is 1.39. The second kappa shape index (κ2) is 9.72. The van der Waals surface area contributed by atoms with Crippen LogP contribution in [0, 0.1) is 6.92 Å². The van der Waals surface area contributed by atoms with Gasteiger partial charge in [0.15, 0.2) is 6.10 Å². The molecule has 0 bridgehead atoms. The summed E-state index contributed by atoms with van der Waals surface area (Å²) in [4.78, 5) is 18.7. The number of hydrogen-bond acceptors (Lipinski definition) is 4. The molecular weight excluding hydrogens is 431 g/mol. The van der Waals surface area contributed by atoms with Gasteiger partial charge in [0.2, 0.25) is 0 Å². The molecule has 5 nitrogen and oxygen atoms in total. The number of halogens is 3. The first-order valence-electron chi connectivity index (χ1n) is 12.3. The number of benzene rings is 1. The maximum absolute atomic E-state index is 12.7. The van der Waals surface area contributed by atoms with Crippen molar-refractivity contribution < 1.29 is 22.7 Å². The molecule has 184 valence electrons. The molecule has 0 saturated carbocycles. The fraction of sp³-hybridized carbons (Fsp3) is 0.720. The summed E-state index contributed by atoms with van der Waals surface area (Å²) in [5.74, 6) is 0. The van der Waals surface area contributed by atoms with Crippen molar-refractivity contribution in [3.8, 4) is 0 Å². The van der Waals surface area contributed by atoms with Crippen molar-refractivity contribution in [3.05, 3.63) is 29.3 Å². The van der Waals surface area contributed by atoms with Crippen molar-refractivity contribution in [2.45, 2.75) is 83.2 Å². The Labute approximate surface area is 194 Å². The average Bonchev–Trinajstić information content (AvgIpc) is 3.17. The van der Waals surface area contributed by atoms with E-state index in [9.17, 15) is 18.0 Å². The second-order valence-corrected chi connectivity index (χ2v) is 9.91. The average molecular weight is 468 g/mol. The van der Waals surface area contributed by atoms with E-state index in [-0.39, 0.29) is 5.54 Å². The Bertz CT molecular complexity index is 831. The molecule has 4 rings (SSSR count). The third-order valence-electron chi connectivity index (χ3n) is 7.91. The van der Waals surface area contributed by atoms with Crippen molar-refractivity contribution in [2.24, 2.45) is 0 Å². The largest absolute Gasteiger partial charge is 0.437 e. The zero-order valence-electron chi connectivity index (χ0n) is 19.8. The summed E-state index contributed by atoms with van der Waals surface area (Å²) in [6, 6.07) is 6.62. The zero-order valence-corrected chi connectivity index (χ0v) is 19.8. The van der Waals surface area contributed by atoms with Gasteiger partial charge in [0.1, 0.15) is 0 Å². The van der Waals surface area contributed by atoms with Crippen molar-refractivity contribution >= 4 is 11.8 Å². The van der Waals surface area contributed by atoms with Gasteiger partial charge < -0.3 is 14.5 Å². The summed E-state index contributed by atoms with van der Waals surface area (Å²) >= 11 is 0. The standard InChI is InChI=1S/C25H36F3N3O2/c1-19-21(8-6-9-22(19)29-13-4-3-5-14-29)18-31-15-7-10-24(31)11-16-30(17-12-24)23(32)33-20(2)25(26,27)28/h6,8-9,20H,3-5,7,10-18H2,1-2H3. The molecule has 0 N–H and O–H groups in total. The number of carbonyl (C=O) groups excluding carboxylic acids is 1. The summed E-state index contributed by atoms with van der Waals surface area (Å²) in [6.07, 6.45) is 0.0594. The molecule has 0 aromatic heterocycles. The summed E-state index contributed by atoms with van der Waals surface area (Å²) < 4.78 is 42.9. The van der Waals surface area contributed by atoms with Crippen molar-refractivity contribution in [1.29, 1.82) is 0 Å². The van der Waals surface area contributed by atoms with Gasteiger partial charge >= 0.3 is 12.3 Å². The molecule has 1 spiro atoms. The van der Waals surface area contributed by atoms with Crippen LogP contribution >= 0.6 is 0 Å². The minimum absolute atomic E-state index is 0.0139. The van der Waals surface area contributed by atoms with Crippen molar-refractivity contribution in [3.63, 3.8) is 0 Å². The lowest BCUT2D eigenvalue weighted by Crippen LogP contribution is -2.53. The highest BCUT2D eigenvalue weighted by molar-refractivity contribution is 5.68. The zero-order chi connectivity index (χ0) is 23.6.